The fourth-order valence-electron chi connectivity index (χ4n) is 4.69. The number of likely N-dealkylation sites (N-methyl/N-ethyl adjacent to an activating group) is 1. The second kappa shape index (κ2) is 12.0. The van der Waals surface area contributed by atoms with Crippen LogP contribution < -0.4 is 19.9 Å². The molecule has 0 saturated heterocycles. The van der Waals surface area contributed by atoms with Crippen LogP contribution in [0.2, 0.25) is 0 Å². The number of imidazole rings is 1. The van der Waals surface area contributed by atoms with Crippen molar-refractivity contribution in [2.24, 2.45) is 17.8 Å². The van der Waals surface area contributed by atoms with E-state index in [1.165, 1.54) is 24.3 Å². The summed E-state index contributed by atoms with van der Waals surface area (Å²) in [5.74, 6) is -4.12. The molecule has 3 aromatic carbocycles. The van der Waals surface area contributed by atoms with Crippen molar-refractivity contribution in [3.63, 3.8) is 0 Å². The van der Waals surface area contributed by atoms with Crippen molar-refractivity contribution in [1.82, 2.24) is 19.4 Å². The molecule has 0 fully saturated rings. The average molecular weight is 612 g/mol. The molecule has 45 heavy (non-hydrogen) atoms. The van der Waals surface area contributed by atoms with Gasteiger partial charge < -0.3 is 34.5 Å². The van der Waals surface area contributed by atoms with Gasteiger partial charge in [-0.2, -0.15) is 13.8 Å². The molecule has 2 aromatic heterocycles. The molecule has 1 aliphatic rings. The van der Waals surface area contributed by atoms with Gasteiger partial charge in [-0.15, -0.1) is 0 Å². The Balaban J connectivity index is 1.42. The lowest BCUT2D eigenvalue weighted by Gasteiger charge is -2.17. The molecule has 3 heterocycles. The highest BCUT2D eigenvalue weighted by molar-refractivity contribution is 6.00. The van der Waals surface area contributed by atoms with Gasteiger partial charge in [0.15, 0.2) is 11.5 Å². The number of aryl methyl sites for hydroxylation is 1. The van der Waals surface area contributed by atoms with E-state index in [4.69, 9.17) is 25.4 Å². The van der Waals surface area contributed by atoms with Gasteiger partial charge in [-0.3, -0.25) is 10.4 Å². The maximum absolute atomic E-state index is 16.0. The van der Waals surface area contributed by atoms with Gasteiger partial charge in [-0.1, -0.05) is 24.3 Å². The van der Waals surface area contributed by atoms with E-state index in [1.54, 1.807) is 53.4 Å². The van der Waals surface area contributed by atoms with Gasteiger partial charge in [0.25, 0.3) is 11.8 Å². The molecule has 0 aliphatic carbocycles. The molecule has 6 rings (SSSR count). The highest BCUT2D eigenvalue weighted by Crippen LogP contribution is 2.41. The Bertz CT molecular complexity index is 1960. The third kappa shape index (κ3) is 5.95. The van der Waals surface area contributed by atoms with E-state index in [1.807, 2.05) is 25.1 Å². The minimum Gasteiger partial charge on any atom is -0.504 e. The predicted molar refractivity (Wildman–Crippen MR) is 163 cm³/mol. The molecule has 0 atom stereocenters. The zero-order chi connectivity index (χ0) is 31.7. The van der Waals surface area contributed by atoms with Crippen LogP contribution in [-0.4, -0.2) is 56.3 Å². The molecule has 4 N–H and O–H groups in total. The van der Waals surface area contributed by atoms with Crippen LogP contribution in [-0.2, 0) is 7.05 Å². The molecular weight excluding hydrogens is 584 g/mol. The summed E-state index contributed by atoms with van der Waals surface area (Å²) < 4.78 is 51.0. The van der Waals surface area contributed by atoms with E-state index >= 15 is 8.78 Å². The zero-order valence-electron chi connectivity index (χ0n) is 24.2. The number of nitrogens with one attached hydrogen (secondary N) is 1. The third-order valence-electron chi connectivity index (χ3n) is 6.95. The van der Waals surface area contributed by atoms with Crippen molar-refractivity contribution in [2.75, 3.05) is 20.1 Å². The monoisotopic (exact) mass is 611 g/mol. The van der Waals surface area contributed by atoms with Gasteiger partial charge in [-0.25, -0.2) is 4.98 Å². The number of nitrogens with zero attached hydrogens (tertiary/aromatic N) is 5. The highest BCUT2D eigenvalue weighted by atomic mass is 19.1. The maximum Gasteiger partial charge on any atom is 0.263 e. The molecule has 11 nitrogen and oxygen atoms in total. The minimum absolute atomic E-state index is 0.120. The molecular formula is C32H27F2N7O4. The number of hydrogen-bond donors (Lipinski definition) is 3. The Kier molecular flexibility index (Phi) is 7.73. The Morgan fingerprint density at radius 3 is 2.27 bits per heavy atom. The van der Waals surface area contributed by atoms with Crippen LogP contribution in [0.1, 0.15) is 11.1 Å². The molecule has 0 saturated carbocycles. The largest absolute Gasteiger partial charge is 0.504 e. The number of benzene rings is 3. The van der Waals surface area contributed by atoms with E-state index < -0.39 is 34.9 Å². The first-order chi connectivity index (χ1) is 21.7. The lowest BCUT2D eigenvalue weighted by molar-refractivity contribution is 0.331. The van der Waals surface area contributed by atoms with Gasteiger partial charge >= 0.3 is 0 Å². The predicted octanol–water partition coefficient (Wildman–Crippen LogP) is 5.82. The Hall–Kier alpha value is -5.98. The van der Waals surface area contributed by atoms with E-state index in [2.05, 4.69) is 15.0 Å². The van der Waals surface area contributed by atoms with Gasteiger partial charge in [0, 0.05) is 49.7 Å². The number of ether oxygens (including phenoxy) is 3. The number of aliphatic imine (C=N–C) groups is 1. The summed E-state index contributed by atoms with van der Waals surface area (Å²) >= 11 is 0. The summed E-state index contributed by atoms with van der Waals surface area (Å²) in [5.41, 5.74) is 7.14. The fraction of sp³-hybridized carbons (Fsp3) is 0.125. The average Bonchev–Trinajstić information content (AvgIpc) is 3.66. The van der Waals surface area contributed by atoms with Crippen molar-refractivity contribution >= 4 is 11.7 Å². The quantitative estimate of drug-likeness (QED) is 0.140. The van der Waals surface area contributed by atoms with Crippen LogP contribution in [0, 0.1) is 17.0 Å². The van der Waals surface area contributed by atoms with Gasteiger partial charge in [-0.05, 0) is 42.5 Å². The molecule has 13 heteroatoms. The van der Waals surface area contributed by atoms with Gasteiger partial charge in [0.1, 0.15) is 29.0 Å². The summed E-state index contributed by atoms with van der Waals surface area (Å²) in [4.78, 5) is 14.7. The van der Waals surface area contributed by atoms with E-state index in [9.17, 15) is 5.11 Å². The van der Waals surface area contributed by atoms with Crippen LogP contribution in [0.3, 0.4) is 0 Å². The number of nitrogen functional groups attached to an aromatic ring is 1. The molecule has 0 amide bonds. The summed E-state index contributed by atoms with van der Waals surface area (Å²) in [6, 6.07) is 17.2. The van der Waals surface area contributed by atoms with Crippen molar-refractivity contribution in [3.8, 4) is 51.9 Å². The summed E-state index contributed by atoms with van der Waals surface area (Å²) in [7, 11) is 3.72. The van der Waals surface area contributed by atoms with Crippen LogP contribution in [0.5, 0.6) is 40.5 Å². The summed E-state index contributed by atoms with van der Waals surface area (Å²) in [6.45, 7) is 1.37. The lowest BCUT2D eigenvalue weighted by atomic mass is 10.2. The van der Waals surface area contributed by atoms with Crippen molar-refractivity contribution < 1.29 is 28.1 Å². The second-order valence-corrected chi connectivity index (χ2v) is 10.1. The van der Waals surface area contributed by atoms with Gasteiger partial charge in [0.05, 0.1) is 6.54 Å². The number of nitrogens with two attached hydrogens (primary N) is 1. The number of pyridine rings is 1. The molecule has 0 unspecified atom stereocenters. The number of phenols is 1. The number of hydrogen-bond acceptors (Lipinski definition) is 9. The van der Waals surface area contributed by atoms with Crippen LogP contribution in [0.4, 0.5) is 8.78 Å². The van der Waals surface area contributed by atoms with Crippen LogP contribution >= 0.6 is 0 Å². The van der Waals surface area contributed by atoms with Crippen LogP contribution in [0.25, 0.3) is 11.4 Å². The SMILES string of the molecule is CN1CCN=C1c1cccc(Oc2c(F)c(Oc3cccc(-c4nccn4C)c3)nc(Oc3cc(C(=N)N)ccc3O)c2F)c1. The highest BCUT2D eigenvalue weighted by Gasteiger charge is 2.27. The normalized spacial score (nSPS) is 12.6. The molecule has 5 aromatic rings. The molecule has 0 radical (unpaired) electrons. The van der Waals surface area contributed by atoms with E-state index in [0.717, 1.165) is 12.4 Å². The lowest BCUT2D eigenvalue weighted by Crippen LogP contribution is -2.23. The number of aromatic hydroxyl groups is 1. The third-order valence-corrected chi connectivity index (χ3v) is 6.95. The standard InChI is InChI=1S/C32H27F2N7O4/c1-40-13-11-37-29(40)19-5-3-7-21(15-19)43-27-25(33)31(44-22-8-4-6-20(16-22)30-38-12-14-41(30)2)39-32(26(27)34)45-24-17-18(28(35)36)9-10-23(24)42/h3-10,12,14-17,42H,11,13H2,1-2H3,(H3,35,36). The Labute approximate surface area is 256 Å². The van der Waals surface area contributed by atoms with Crippen molar-refractivity contribution in [1.29, 1.82) is 5.41 Å². The summed E-state index contributed by atoms with van der Waals surface area (Å²) in [5, 5.41) is 18.1. The zero-order valence-corrected chi connectivity index (χ0v) is 24.2. The topological polar surface area (TPSA) is 144 Å². The Morgan fingerprint density at radius 1 is 0.911 bits per heavy atom. The number of halogens is 2. The second-order valence-electron chi connectivity index (χ2n) is 10.1. The smallest absolute Gasteiger partial charge is 0.263 e. The molecule has 0 spiro atoms. The first kappa shape index (κ1) is 29.1. The number of phenolic OH excluding ortho intramolecular Hbond substituents is 1. The van der Waals surface area contributed by atoms with Crippen molar-refractivity contribution in [3.05, 3.63) is 102 Å². The summed E-state index contributed by atoms with van der Waals surface area (Å²) in [6.07, 6.45) is 3.42. The number of rotatable bonds is 9. The van der Waals surface area contributed by atoms with Crippen molar-refractivity contribution in [2.45, 2.75) is 0 Å². The molecule has 0 bridgehead atoms. The van der Waals surface area contributed by atoms with Crippen LogP contribution in [0.15, 0.2) is 84.1 Å². The number of aromatic nitrogens is 3. The number of amidine groups is 2. The first-order valence-corrected chi connectivity index (χ1v) is 13.7. The minimum atomic E-state index is -1.30. The first-order valence-electron chi connectivity index (χ1n) is 13.7. The Morgan fingerprint density at radius 2 is 1.60 bits per heavy atom. The fourth-order valence-corrected chi connectivity index (χ4v) is 4.69. The van der Waals surface area contributed by atoms with Gasteiger partial charge in [0.2, 0.25) is 17.4 Å². The maximum atomic E-state index is 16.0. The molecule has 228 valence electrons. The molecule has 1 aliphatic heterocycles. The van der Waals surface area contributed by atoms with E-state index in [0.29, 0.717) is 23.5 Å². The van der Waals surface area contributed by atoms with E-state index in [-0.39, 0.29) is 28.6 Å².